The zero-order valence-electron chi connectivity index (χ0n) is 12.5. The number of nitrogens with one attached hydrogen (secondary N) is 1. The van der Waals surface area contributed by atoms with Gasteiger partial charge in [-0.05, 0) is 34.9 Å². The number of para-hydroxylation sites is 1. The van der Waals surface area contributed by atoms with Crippen LogP contribution in [0.15, 0.2) is 53.4 Å². The van der Waals surface area contributed by atoms with E-state index in [0.717, 1.165) is 12.3 Å². The topological polar surface area (TPSA) is 12.0 Å². The predicted molar refractivity (Wildman–Crippen MR) is 90.7 cm³/mol. The van der Waals surface area contributed by atoms with Gasteiger partial charge in [-0.1, -0.05) is 57.2 Å². The summed E-state index contributed by atoms with van der Waals surface area (Å²) in [5.41, 5.74) is 3.95. The molecule has 20 heavy (non-hydrogen) atoms. The first-order valence-corrected chi connectivity index (χ1v) is 8.23. The Morgan fingerprint density at radius 2 is 1.70 bits per heavy atom. The SMILES string of the molecule is CCSc1ccccc1NCc1ccc(C(C)C)cc1. The van der Waals surface area contributed by atoms with Crippen LogP contribution >= 0.6 is 11.8 Å². The third-order valence-electron chi connectivity index (χ3n) is 3.32. The summed E-state index contributed by atoms with van der Waals surface area (Å²) >= 11 is 1.88. The van der Waals surface area contributed by atoms with Crippen LogP contribution in [-0.2, 0) is 6.54 Å². The molecule has 0 bridgehead atoms. The second kappa shape index (κ2) is 7.39. The molecule has 0 atom stereocenters. The molecule has 1 nitrogen and oxygen atoms in total. The van der Waals surface area contributed by atoms with Gasteiger partial charge < -0.3 is 5.32 Å². The van der Waals surface area contributed by atoms with Crippen molar-refractivity contribution >= 4 is 17.4 Å². The van der Waals surface area contributed by atoms with Crippen LogP contribution in [0.3, 0.4) is 0 Å². The highest BCUT2D eigenvalue weighted by molar-refractivity contribution is 7.99. The Labute approximate surface area is 126 Å². The molecular formula is C18H23NS. The van der Waals surface area contributed by atoms with E-state index in [9.17, 15) is 0 Å². The largest absolute Gasteiger partial charge is 0.380 e. The number of rotatable bonds is 6. The van der Waals surface area contributed by atoms with Gasteiger partial charge in [0.05, 0.1) is 0 Å². The molecule has 0 aliphatic carbocycles. The molecule has 0 saturated carbocycles. The van der Waals surface area contributed by atoms with Gasteiger partial charge in [0.25, 0.3) is 0 Å². The summed E-state index contributed by atoms with van der Waals surface area (Å²) in [4.78, 5) is 1.33. The van der Waals surface area contributed by atoms with Crippen LogP contribution in [0.2, 0.25) is 0 Å². The third kappa shape index (κ3) is 4.04. The van der Waals surface area contributed by atoms with Gasteiger partial charge in [0.15, 0.2) is 0 Å². The molecule has 2 aromatic rings. The summed E-state index contributed by atoms with van der Waals surface area (Å²) in [6, 6.07) is 17.4. The zero-order chi connectivity index (χ0) is 14.4. The van der Waals surface area contributed by atoms with Crippen molar-refractivity contribution in [2.45, 2.75) is 38.1 Å². The average Bonchev–Trinajstić information content (AvgIpc) is 2.47. The van der Waals surface area contributed by atoms with Crippen LogP contribution in [0.1, 0.15) is 37.8 Å². The lowest BCUT2D eigenvalue weighted by molar-refractivity contribution is 0.865. The number of benzene rings is 2. The number of hydrogen-bond donors (Lipinski definition) is 1. The van der Waals surface area contributed by atoms with Crippen molar-refractivity contribution in [2.24, 2.45) is 0 Å². The molecule has 2 rings (SSSR count). The second-order valence-corrected chi connectivity index (χ2v) is 6.48. The predicted octanol–water partition coefficient (Wildman–Crippen LogP) is 5.53. The lowest BCUT2D eigenvalue weighted by Gasteiger charge is -2.12. The lowest BCUT2D eigenvalue weighted by atomic mass is 10.0. The smallest absolute Gasteiger partial charge is 0.0481 e. The van der Waals surface area contributed by atoms with Gasteiger partial charge in [-0.25, -0.2) is 0 Å². The van der Waals surface area contributed by atoms with Gasteiger partial charge in [-0.15, -0.1) is 11.8 Å². The van der Waals surface area contributed by atoms with E-state index in [4.69, 9.17) is 0 Å². The Balaban J connectivity index is 2.01. The average molecular weight is 285 g/mol. The van der Waals surface area contributed by atoms with Gasteiger partial charge in [0.2, 0.25) is 0 Å². The molecular weight excluding hydrogens is 262 g/mol. The van der Waals surface area contributed by atoms with E-state index in [2.05, 4.69) is 74.6 Å². The van der Waals surface area contributed by atoms with Gasteiger partial charge in [-0.2, -0.15) is 0 Å². The minimum absolute atomic E-state index is 0.596. The minimum Gasteiger partial charge on any atom is -0.380 e. The van der Waals surface area contributed by atoms with Gasteiger partial charge in [0.1, 0.15) is 0 Å². The van der Waals surface area contributed by atoms with Gasteiger partial charge >= 0.3 is 0 Å². The van der Waals surface area contributed by atoms with E-state index in [1.165, 1.54) is 21.7 Å². The first-order valence-electron chi connectivity index (χ1n) is 7.25. The zero-order valence-corrected chi connectivity index (χ0v) is 13.3. The molecule has 0 aliphatic rings. The molecule has 0 aromatic heterocycles. The summed E-state index contributed by atoms with van der Waals surface area (Å²) in [6.45, 7) is 7.52. The van der Waals surface area contributed by atoms with Crippen molar-refractivity contribution in [3.05, 3.63) is 59.7 Å². The molecule has 0 saturated heterocycles. The van der Waals surface area contributed by atoms with Crippen molar-refractivity contribution in [2.75, 3.05) is 11.1 Å². The van der Waals surface area contributed by atoms with E-state index in [1.54, 1.807) is 0 Å². The maximum atomic E-state index is 3.54. The van der Waals surface area contributed by atoms with Gasteiger partial charge in [0, 0.05) is 17.1 Å². The van der Waals surface area contributed by atoms with Crippen molar-refractivity contribution in [1.82, 2.24) is 0 Å². The molecule has 0 amide bonds. The highest BCUT2D eigenvalue weighted by Crippen LogP contribution is 2.27. The molecule has 2 heteroatoms. The summed E-state index contributed by atoms with van der Waals surface area (Å²) in [5.74, 6) is 1.69. The van der Waals surface area contributed by atoms with Crippen molar-refractivity contribution in [3.8, 4) is 0 Å². The minimum atomic E-state index is 0.596. The maximum Gasteiger partial charge on any atom is 0.0481 e. The molecule has 2 aromatic carbocycles. The fraction of sp³-hybridized carbons (Fsp3) is 0.333. The number of hydrogen-bond acceptors (Lipinski definition) is 2. The summed E-state index contributed by atoms with van der Waals surface area (Å²) in [7, 11) is 0. The van der Waals surface area contributed by atoms with Crippen LogP contribution in [-0.4, -0.2) is 5.75 Å². The maximum absolute atomic E-state index is 3.54. The van der Waals surface area contributed by atoms with Crippen LogP contribution in [0.25, 0.3) is 0 Å². The Hall–Kier alpha value is -1.41. The quantitative estimate of drug-likeness (QED) is 0.700. The standard InChI is InChI=1S/C18H23NS/c1-4-20-18-8-6-5-7-17(18)19-13-15-9-11-16(12-10-15)14(2)3/h5-12,14,19H,4,13H2,1-3H3. The van der Waals surface area contributed by atoms with Gasteiger partial charge in [-0.3, -0.25) is 0 Å². The Morgan fingerprint density at radius 3 is 2.35 bits per heavy atom. The number of anilines is 1. The number of thioether (sulfide) groups is 1. The summed E-state index contributed by atoms with van der Waals surface area (Å²) in [6.07, 6.45) is 0. The molecule has 1 N–H and O–H groups in total. The van der Waals surface area contributed by atoms with Crippen LogP contribution < -0.4 is 5.32 Å². The molecule has 106 valence electrons. The highest BCUT2D eigenvalue weighted by atomic mass is 32.2. The third-order valence-corrected chi connectivity index (χ3v) is 4.27. The summed E-state index contributed by atoms with van der Waals surface area (Å²) in [5, 5.41) is 3.54. The first-order chi connectivity index (χ1) is 9.70. The van der Waals surface area contributed by atoms with Crippen LogP contribution in [0.5, 0.6) is 0 Å². The van der Waals surface area contributed by atoms with Crippen molar-refractivity contribution in [1.29, 1.82) is 0 Å². The van der Waals surface area contributed by atoms with E-state index in [1.807, 2.05) is 11.8 Å². The normalized spacial score (nSPS) is 10.8. The Morgan fingerprint density at radius 1 is 1.00 bits per heavy atom. The molecule has 0 heterocycles. The Kier molecular flexibility index (Phi) is 5.54. The molecule has 0 radical (unpaired) electrons. The first kappa shape index (κ1) is 15.0. The van der Waals surface area contributed by atoms with Crippen molar-refractivity contribution in [3.63, 3.8) is 0 Å². The monoisotopic (exact) mass is 285 g/mol. The van der Waals surface area contributed by atoms with Crippen molar-refractivity contribution < 1.29 is 0 Å². The lowest BCUT2D eigenvalue weighted by Crippen LogP contribution is -2.01. The molecule has 0 aliphatic heterocycles. The Bertz CT molecular complexity index is 531. The fourth-order valence-corrected chi connectivity index (χ4v) is 2.89. The summed E-state index contributed by atoms with van der Waals surface area (Å²) < 4.78 is 0. The van der Waals surface area contributed by atoms with E-state index in [0.29, 0.717) is 5.92 Å². The second-order valence-electron chi connectivity index (χ2n) is 5.18. The van der Waals surface area contributed by atoms with Crippen LogP contribution in [0, 0.1) is 0 Å². The van der Waals surface area contributed by atoms with Crippen LogP contribution in [0.4, 0.5) is 5.69 Å². The molecule has 0 spiro atoms. The molecule has 0 fully saturated rings. The molecule has 0 unspecified atom stereocenters. The fourth-order valence-electron chi connectivity index (χ4n) is 2.11. The van der Waals surface area contributed by atoms with E-state index < -0.39 is 0 Å². The highest BCUT2D eigenvalue weighted by Gasteiger charge is 2.02. The van der Waals surface area contributed by atoms with E-state index in [-0.39, 0.29) is 0 Å². The van der Waals surface area contributed by atoms with E-state index >= 15 is 0 Å².